The number of carbonyl (C=O) groups is 2. The molecule has 0 unspecified atom stereocenters. The number of amides is 1. The molecule has 0 spiro atoms. The molecule has 0 bridgehead atoms. The lowest BCUT2D eigenvalue weighted by atomic mass is 10.2. The number of hydrogen-bond acceptors (Lipinski definition) is 4. The van der Waals surface area contributed by atoms with Gasteiger partial charge in [-0.2, -0.15) is 0 Å². The fraction of sp³-hybridized carbons (Fsp3) is 0.643. The first-order valence-corrected chi connectivity index (χ1v) is 6.87. The Morgan fingerprint density at radius 3 is 2.55 bits per heavy atom. The fourth-order valence-corrected chi connectivity index (χ4v) is 1.93. The van der Waals surface area contributed by atoms with Crippen LogP contribution < -0.4 is 0 Å². The Labute approximate surface area is 119 Å². The second-order valence-corrected chi connectivity index (χ2v) is 5.10. The van der Waals surface area contributed by atoms with E-state index < -0.39 is 0 Å². The highest BCUT2D eigenvalue weighted by Crippen LogP contribution is 2.11. The lowest BCUT2D eigenvalue weighted by molar-refractivity contribution is -0.150. The Hall–Kier alpha value is -1.85. The minimum atomic E-state index is -0.384. The number of hydrogen-bond donors (Lipinski definition) is 0. The average Bonchev–Trinajstić information content (AvgIpc) is 2.89. The van der Waals surface area contributed by atoms with Gasteiger partial charge in [0.15, 0.2) is 0 Å². The molecule has 20 heavy (non-hydrogen) atoms. The summed E-state index contributed by atoms with van der Waals surface area (Å²) in [6.45, 7) is 8.39. The molecule has 112 valence electrons. The number of nitrogens with zero attached hydrogens (tertiary/aromatic N) is 3. The van der Waals surface area contributed by atoms with Crippen LogP contribution in [0, 0.1) is 5.92 Å². The summed E-state index contributed by atoms with van der Waals surface area (Å²) >= 11 is 0. The van der Waals surface area contributed by atoms with Crippen LogP contribution in [-0.4, -0.2) is 46.0 Å². The minimum absolute atomic E-state index is 0.0100. The molecule has 0 saturated heterocycles. The average molecular weight is 281 g/mol. The molecular formula is C14H23N3O3. The van der Waals surface area contributed by atoms with E-state index in [9.17, 15) is 9.59 Å². The Bertz CT molecular complexity index is 429. The molecule has 0 saturated carbocycles. The molecule has 1 heterocycles. The summed E-state index contributed by atoms with van der Waals surface area (Å²) in [6.07, 6.45) is 4.96. The van der Waals surface area contributed by atoms with Crippen molar-refractivity contribution in [2.75, 3.05) is 19.7 Å². The van der Waals surface area contributed by atoms with Crippen molar-refractivity contribution in [3.8, 4) is 0 Å². The third-order valence-electron chi connectivity index (χ3n) is 2.85. The molecule has 0 fully saturated rings. The first-order valence-electron chi connectivity index (χ1n) is 6.87. The first kappa shape index (κ1) is 16.2. The van der Waals surface area contributed by atoms with Gasteiger partial charge in [0.1, 0.15) is 12.6 Å². The second kappa shape index (κ2) is 7.67. The molecule has 6 heteroatoms. The summed E-state index contributed by atoms with van der Waals surface area (Å²) < 4.78 is 6.65. The number of esters is 1. The lowest BCUT2D eigenvalue weighted by Crippen LogP contribution is -2.42. The van der Waals surface area contributed by atoms with Crippen LogP contribution >= 0.6 is 0 Å². The SMILES string of the molecule is CCOC(=O)CN(CC(C)C)C(=O)[C@H](C)n1ccnc1. The molecule has 0 aromatic carbocycles. The Morgan fingerprint density at radius 2 is 2.05 bits per heavy atom. The Kier molecular flexibility index (Phi) is 6.21. The summed E-state index contributed by atoms with van der Waals surface area (Å²) in [6, 6.07) is -0.384. The fourth-order valence-electron chi connectivity index (χ4n) is 1.93. The molecule has 1 rings (SSSR count). The smallest absolute Gasteiger partial charge is 0.325 e. The molecule has 1 atom stereocenters. The highest BCUT2D eigenvalue weighted by atomic mass is 16.5. The maximum atomic E-state index is 12.5. The van der Waals surface area contributed by atoms with Crippen LogP contribution in [0.25, 0.3) is 0 Å². The van der Waals surface area contributed by atoms with Crippen molar-refractivity contribution >= 4 is 11.9 Å². The molecule has 1 amide bonds. The molecule has 0 radical (unpaired) electrons. The van der Waals surface area contributed by atoms with E-state index in [1.54, 1.807) is 42.0 Å². The van der Waals surface area contributed by atoms with E-state index in [2.05, 4.69) is 4.98 Å². The molecule has 0 aliphatic rings. The van der Waals surface area contributed by atoms with Crippen molar-refractivity contribution in [3.05, 3.63) is 18.7 Å². The standard InChI is InChI=1S/C14H23N3O3/c1-5-20-13(18)9-17(8-11(2)3)14(19)12(4)16-7-6-15-10-16/h6-7,10-12H,5,8-9H2,1-4H3/t12-/m0/s1. The number of rotatable bonds is 7. The zero-order valence-corrected chi connectivity index (χ0v) is 12.6. The van der Waals surface area contributed by atoms with E-state index in [4.69, 9.17) is 4.74 Å². The van der Waals surface area contributed by atoms with Crippen molar-refractivity contribution in [2.45, 2.75) is 33.7 Å². The van der Waals surface area contributed by atoms with Crippen molar-refractivity contribution < 1.29 is 14.3 Å². The van der Waals surface area contributed by atoms with E-state index in [0.717, 1.165) is 0 Å². The molecule has 0 aliphatic carbocycles. The Morgan fingerprint density at radius 1 is 1.35 bits per heavy atom. The normalized spacial score (nSPS) is 12.2. The Balaban J connectivity index is 2.76. The third kappa shape index (κ3) is 4.68. The van der Waals surface area contributed by atoms with Gasteiger partial charge in [-0.3, -0.25) is 9.59 Å². The number of carbonyl (C=O) groups excluding carboxylic acids is 2. The van der Waals surface area contributed by atoms with Gasteiger partial charge in [-0.05, 0) is 19.8 Å². The summed E-state index contributed by atoms with van der Waals surface area (Å²) in [5, 5.41) is 0. The predicted molar refractivity (Wildman–Crippen MR) is 75.0 cm³/mol. The van der Waals surface area contributed by atoms with Gasteiger partial charge in [0.25, 0.3) is 0 Å². The van der Waals surface area contributed by atoms with Crippen LogP contribution in [0.4, 0.5) is 0 Å². The first-order chi connectivity index (χ1) is 9.45. The zero-order chi connectivity index (χ0) is 15.1. The monoisotopic (exact) mass is 281 g/mol. The van der Waals surface area contributed by atoms with Crippen molar-refractivity contribution in [2.24, 2.45) is 5.92 Å². The molecule has 0 aliphatic heterocycles. The number of aromatic nitrogens is 2. The maximum Gasteiger partial charge on any atom is 0.325 e. The van der Waals surface area contributed by atoms with Gasteiger partial charge in [-0.25, -0.2) is 4.98 Å². The summed E-state index contributed by atoms with van der Waals surface area (Å²) in [5.41, 5.74) is 0. The molecule has 1 aromatic heterocycles. The van der Waals surface area contributed by atoms with Gasteiger partial charge in [0.2, 0.25) is 5.91 Å². The summed E-state index contributed by atoms with van der Waals surface area (Å²) in [7, 11) is 0. The third-order valence-corrected chi connectivity index (χ3v) is 2.85. The molecule has 6 nitrogen and oxygen atoms in total. The van der Waals surface area contributed by atoms with E-state index in [1.807, 2.05) is 13.8 Å². The topological polar surface area (TPSA) is 64.4 Å². The van der Waals surface area contributed by atoms with Gasteiger partial charge in [-0.1, -0.05) is 13.8 Å². The zero-order valence-electron chi connectivity index (χ0n) is 12.6. The molecular weight excluding hydrogens is 258 g/mol. The van der Waals surface area contributed by atoms with E-state index in [-0.39, 0.29) is 30.4 Å². The van der Waals surface area contributed by atoms with E-state index in [1.165, 1.54) is 0 Å². The van der Waals surface area contributed by atoms with Crippen LogP contribution in [0.5, 0.6) is 0 Å². The second-order valence-electron chi connectivity index (χ2n) is 5.10. The molecule has 1 aromatic rings. The largest absolute Gasteiger partial charge is 0.465 e. The van der Waals surface area contributed by atoms with Gasteiger partial charge >= 0.3 is 5.97 Å². The molecule has 0 N–H and O–H groups in total. The van der Waals surface area contributed by atoms with E-state index >= 15 is 0 Å². The highest BCUT2D eigenvalue weighted by Gasteiger charge is 2.24. The van der Waals surface area contributed by atoms with Gasteiger partial charge in [0.05, 0.1) is 12.9 Å². The van der Waals surface area contributed by atoms with Crippen molar-refractivity contribution in [1.29, 1.82) is 0 Å². The van der Waals surface area contributed by atoms with Crippen LogP contribution in [0.2, 0.25) is 0 Å². The van der Waals surface area contributed by atoms with Gasteiger partial charge in [-0.15, -0.1) is 0 Å². The summed E-state index contributed by atoms with van der Waals surface area (Å²) in [4.78, 5) is 29.6. The number of ether oxygens (including phenoxy) is 1. The van der Waals surface area contributed by atoms with Gasteiger partial charge < -0.3 is 14.2 Å². The summed E-state index contributed by atoms with van der Waals surface area (Å²) in [5.74, 6) is -0.201. The van der Waals surface area contributed by atoms with Crippen LogP contribution in [-0.2, 0) is 14.3 Å². The van der Waals surface area contributed by atoms with E-state index in [0.29, 0.717) is 13.2 Å². The van der Waals surface area contributed by atoms with Crippen LogP contribution in [0.1, 0.15) is 33.7 Å². The highest BCUT2D eigenvalue weighted by molar-refractivity contribution is 5.84. The van der Waals surface area contributed by atoms with Crippen molar-refractivity contribution in [1.82, 2.24) is 14.5 Å². The maximum absolute atomic E-state index is 12.5. The predicted octanol–water partition coefficient (Wildman–Crippen LogP) is 1.49. The minimum Gasteiger partial charge on any atom is -0.465 e. The van der Waals surface area contributed by atoms with Crippen LogP contribution in [0.3, 0.4) is 0 Å². The van der Waals surface area contributed by atoms with Gasteiger partial charge in [0, 0.05) is 18.9 Å². The lowest BCUT2D eigenvalue weighted by Gasteiger charge is -2.27. The van der Waals surface area contributed by atoms with Crippen molar-refractivity contribution in [3.63, 3.8) is 0 Å². The number of imidazole rings is 1. The quantitative estimate of drug-likeness (QED) is 0.710. The van der Waals surface area contributed by atoms with Crippen LogP contribution in [0.15, 0.2) is 18.7 Å².